The van der Waals surface area contributed by atoms with Crippen LogP contribution in [0.5, 0.6) is 11.5 Å². The average Bonchev–Trinajstić information content (AvgIpc) is 3.71. The molecule has 2 saturated carbocycles. The summed E-state index contributed by atoms with van der Waals surface area (Å²) in [5.41, 5.74) is 1.84. The molecule has 1 saturated heterocycles. The van der Waals surface area contributed by atoms with Crippen molar-refractivity contribution in [3.8, 4) is 11.5 Å². The Morgan fingerprint density at radius 2 is 1.68 bits per heavy atom. The number of carbonyl (C=O) groups excluding carboxylic acids is 2. The molecular weight excluding hydrogens is 591 g/mol. The molecule has 38 heavy (non-hydrogen) atoms. The van der Waals surface area contributed by atoms with E-state index in [9.17, 15) is 9.59 Å². The summed E-state index contributed by atoms with van der Waals surface area (Å²) in [6.07, 6.45) is 7.08. The van der Waals surface area contributed by atoms with Gasteiger partial charge in [0.2, 0.25) is 0 Å². The summed E-state index contributed by atoms with van der Waals surface area (Å²) in [6.45, 7) is 2.81. The number of halogens is 1. The largest absolute Gasteiger partial charge is 0.490 e. The first-order valence-electron chi connectivity index (χ1n) is 13.2. The molecule has 0 unspecified atom stereocenters. The highest BCUT2D eigenvalue weighted by atomic mass is 127. The van der Waals surface area contributed by atoms with Crippen LogP contribution in [0.25, 0.3) is 10.8 Å². The van der Waals surface area contributed by atoms with Crippen LogP contribution in [0.2, 0.25) is 0 Å². The van der Waals surface area contributed by atoms with Gasteiger partial charge in [-0.1, -0.05) is 54.6 Å². The summed E-state index contributed by atoms with van der Waals surface area (Å²) >= 11 is 2.23. The first-order valence-corrected chi connectivity index (χ1v) is 14.3. The smallest absolute Gasteiger partial charge is 0.254 e. The summed E-state index contributed by atoms with van der Waals surface area (Å²) in [5, 5.41) is 7.85. The van der Waals surface area contributed by atoms with Crippen LogP contribution in [-0.2, 0) is 16.2 Å². The fourth-order valence-corrected chi connectivity index (χ4v) is 7.59. The Hall–Kier alpha value is -3.20. The van der Waals surface area contributed by atoms with Gasteiger partial charge in [-0.05, 0) is 93.6 Å². The lowest BCUT2D eigenvalue weighted by molar-refractivity contribution is -0.140. The summed E-state index contributed by atoms with van der Waals surface area (Å²) < 4.78 is 13.1. The Kier molecular flexibility index (Phi) is 5.80. The molecule has 192 valence electrons. The number of imide groups is 1. The SMILES string of the molecule is CCOc1cc(/C=N\N2C(=O)[C@@H]3[C@H]4C=C[C@@H]([C@@H]5C[C@H]45)[C@@H]3C2=O)cc(I)c1OCc1cccc2ccccc12. The van der Waals surface area contributed by atoms with Crippen LogP contribution < -0.4 is 9.47 Å². The van der Waals surface area contributed by atoms with E-state index >= 15 is 0 Å². The molecule has 5 aliphatic rings. The quantitative estimate of drug-likeness (QED) is 0.145. The standard InChI is InChI=1S/C31H27IN2O4/c1-2-37-26-13-17(12-25(32)29(26)38-16-19-8-5-7-18-6-3-4-9-20(18)19)15-33-34-30(35)27-21-10-11-22(24-14-23(21)24)28(27)31(34)36/h3-13,15,21-24,27-28H,2,14,16H2,1H3/b33-15-/t21-,22-,23-,24+,27-,28+/m0/s1. The summed E-state index contributed by atoms with van der Waals surface area (Å²) in [5.74, 6) is 1.99. The van der Waals surface area contributed by atoms with Gasteiger partial charge in [0.1, 0.15) is 6.61 Å². The lowest BCUT2D eigenvalue weighted by Gasteiger charge is -2.37. The zero-order valence-corrected chi connectivity index (χ0v) is 23.1. The third-order valence-corrected chi connectivity index (χ3v) is 9.35. The van der Waals surface area contributed by atoms with E-state index < -0.39 is 0 Å². The van der Waals surface area contributed by atoms with Crippen molar-refractivity contribution in [3.63, 3.8) is 0 Å². The molecule has 3 aromatic carbocycles. The molecule has 2 bridgehead atoms. The van der Waals surface area contributed by atoms with Crippen LogP contribution in [0.1, 0.15) is 24.5 Å². The molecule has 3 aromatic rings. The number of fused-ring (bicyclic) bond motifs is 1. The molecule has 4 aliphatic carbocycles. The maximum Gasteiger partial charge on any atom is 0.254 e. The van der Waals surface area contributed by atoms with Gasteiger partial charge in [-0.2, -0.15) is 10.1 Å². The molecule has 3 fully saturated rings. The van der Waals surface area contributed by atoms with E-state index in [1.807, 2.05) is 37.3 Å². The van der Waals surface area contributed by atoms with Gasteiger partial charge in [-0.15, -0.1) is 0 Å². The second-order valence-corrected chi connectivity index (χ2v) is 11.7. The third kappa shape index (κ3) is 3.77. The fraction of sp³-hybridized carbons (Fsp3) is 0.323. The number of ether oxygens (including phenoxy) is 2. The third-order valence-electron chi connectivity index (χ3n) is 8.55. The molecule has 0 spiro atoms. The van der Waals surface area contributed by atoms with Crippen molar-refractivity contribution < 1.29 is 19.1 Å². The predicted molar refractivity (Wildman–Crippen MR) is 153 cm³/mol. The van der Waals surface area contributed by atoms with Gasteiger partial charge in [0, 0.05) is 0 Å². The number of carbonyl (C=O) groups is 2. The van der Waals surface area contributed by atoms with E-state index in [-0.39, 0.29) is 35.5 Å². The summed E-state index contributed by atoms with van der Waals surface area (Å²) in [7, 11) is 0. The fourth-order valence-electron chi connectivity index (χ4n) is 6.81. The predicted octanol–water partition coefficient (Wildman–Crippen LogP) is 5.81. The lowest BCUT2D eigenvalue weighted by atomic mass is 9.63. The van der Waals surface area contributed by atoms with Crippen molar-refractivity contribution in [2.24, 2.45) is 40.6 Å². The Bertz CT molecular complexity index is 1490. The van der Waals surface area contributed by atoms with Gasteiger partial charge in [0.05, 0.1) is 28.2 Å². The Balaban J connectivity index is 1.13. The van der Waals surface area contributed by atoms with E-state index in [1.54, 1.807) is 6.21 Å². The second-order valence-electron chi connectivity index (χ2n) is 10.6. The summed E-state index contributed by atoms with van der Waals surface area (Å²) in [6, 6.07) is 18.3. The normalized spacial score (nSPS) is 28.7. The maximum absolute atomic E-state index is 13.2. The number of hydrogen-bond donors (Lipinski definition) is 0. The first kappa shape index (κ1) is 23.9. The minimum atomic E-state index is -0.248. The van der Waals surface area contributed by atoms with Crippen molar-refractivity contribution in [3.05, 3.63) is 81.4 Å². The van der Waals surface area contributed by atoms with E-state index in [1.165, 1.54) is 5.39 Å². The zero-order chi connectivity index (χ0) is 26.0. The van der Waals surface area contributed by atoms with Crippen molar-refractivity contribution in [2.75, 3.05) is 6.61 Å². The van der Waals surface area contributed by atoms with E-state index in [0.29, 0.717) is 36.5 Å². The number of amides is 2. The van der Waals surface area contributed by atoms with Crippen LogP contribution in [0.3, 0.4) is 0 Å². The number of benzene rings is 3. The molecule has 7 heteroatoms. The lowest BCUT2D eigenvalue weighted by Crippen LogP contribution is -2.40. The van der Waals surface area contributed by atoms with Crippen molar-refractivity contribution in [2.45, 2.75) is 20.0 Å². The molecule has 8 rings (SSSR count). The van der Waals surface area contributed by atoms with Crippen LogP contribution in [0.4, 0.5) is 0 Å². The van der Waals surface area contributed by atoms with Gasteiger partial charge in [-0.3, -0.25) is 9.59 Å². The first-order chi connectivity index (χ1) is 18.5. The van der Waals surface area contributed by atoms with Gasteiger partial charge in [-0.25, -0.2) is 0 Å². The van der Waals surface area contributed by atoms with Crippen molar-refractivity contribution in [1.29, 1.82) is 0 Å². The molecular formula is C31H27IN2O4. The van der Waals surface area contributed by atoms with Crippen LogP contribution in [0, 0.1) is 39.1 Å². The minimum absolute atomic E-state index is 0.157. The molecule has 0 aromatic heterocycles. The van der Waals surface area contributed by atoms with E-state index in [4.69, 9.17) is 9.47 Å². The molecule has 6 atom stereocenters. The molecule has 0 N–H and O–H groups in total. The number of hydrazone groups is 1. The minimum Gasteiger partial charge on any atom is -0.490 e. The molecule has 1 aliphatic heterocycles. The maximum atomic E-state index is 13.2. The highest BCUT2D eigenvalue weighted by molar-refractivity contribution is 14.1. The van der Waals surface area contributed by atoms with Gasteiger partial charge >= 0.3 is 0 Å². The Morgan fingerprint density at radius 3 is 2.42 bits per heavy atom. The van der Waals surface area contributed by atoms with Crippen LogP contribution in [0.15, 0.2) is 71.9 Å². The monoisotopic (exact) mass is 618 g/mol. The van der Waals surface area contributed by atoms with Crippen LogP contribution in [-0.4, -0.2) is 29.6 Å². The van der Waals surface area contributed by atoms with E-state index in [0.717, 1.165) is 31.5 Å². The van der Waals surface area contributed by atoms with E-state index in [2.05, 4.69) is 64.1 Å². The van der Waals surface area contributed by atoms with Gasteiger partial charge in [0.15, 0.2) is 11.5 Å². The Morgan fingerprint density at radius 1 is 0.974 bits per heavy atom. The zero-order valence-electron chi connectivity index (χ0n) is 20.9. The van der Waals surface area contributed by atoms with Gasteiger partial charge in [0.25, 0.3) is 11.8 Å². The Labute approximate surface area is 234 Å². The number of hydrogen-bond acceptors (Lipinski definition) is 5. The highest BCUT2D eigenvalue weighted by Crippen LogP contribution is 2.65. The van der Waals surface area contributed by atoms with Crippen molar-refractivity contribution in [1.82, 2.24) is 5.01 Å². The molecule has 6 nitrogen and oxygen atoms in total. The number of rotatable bonds is 7. The molecule has 2 amide bonds. The number of nitrogens with zero attached hydrogens (tertiary/aromatic N) is 2. The van der Waals surface area contributed by atoms with Gasteiger partial charge < -0.3 is 9.47 Å². The van der Waals surface area contributed by atoms with Crippen LogP contribution >= 0.6 is 22.6 Å². The molecule has 0 radical (unpaired) electrons. The highest BCUT2D eigenvalue weighted by Gasteiger charge is 2.67. The van der Waals surface area contributed by atoms with Crippen molar-refractivity contribution >= 4 is 51.4 Å². The number of allylic oxidation sites excluding steroid dienone is 2. The topological polar surface area (TPSA) is 68.2 Å². The average molecular weight is 618 g/mol. The summed E-state index contributed by atoms with van der Waals surface area (Å²) in [4.78, 5) is 26.5. The second kappa shape index (κ2) is 9.22. The molecule has 1 heterocycles.